The molecule has 2 unspecified atom stereocenters. The molecule has 37 heavy (non-hydrogen) atoms. The molecule has 0 bridgehead atoms. The van der Waals surface area contributed by atoms with Gasteiger partial charge in [-0.05, 0) is 26.0 Å². The van der Waals surface area contributed by atoms with E-state index < -0.39 is 37.1 Å². The molecule has 2 N–H and O–H groups in total. The summed E-state index contributed by atoms with van der Waals surface area (Å²) in [5, 5.41) is 18.4. The zero-order valence-electron chi connectivity index (χ0n) is 19.4. The molecule has 3 aromatic heterocycles. The minimum atomic E-state index is -4.81. The number of H-pyrrole nitrogens is 1. The minimum Gasteiger partial charge on any atom is -0.320 e. The van der Waals surface area contributed by atoms with Crippen molar-refractivity contribution in [3.05, 3.63) is 76.1 Å². The van der Waals surface area contributed by atoms with Crippen LogP contribution in [0.25, 0.3) is 33.8 Å². The Hall–Kier alpha value is -3.93. The number of aliphatic hydroxyl groups is 1. The largest absolute Gasteiger partial charge is 0.433 e. The number of aryl methyl sites for hydroxylation is 1. The van der Waals surface area contributed by atoms with Gasteiger partial charge in [-0.2, -0.15) is 13.2 Å². The van der Waals surface area contributed by atoms with Crippen LogP contribution in [-0.4, -0.2) is 40.8 Å². The highest BCUT2D eigenvalue weighted by Crippen LogP contribution is 2.39. The maximum absolute atomic E-state index is 14.3. The fourth-order valence-corrected chi connectivity index (χ4v) is 4.62. The van der Waals surface area contributed by atoms with Gasteiger partial charge in [0.2, 0.25) is 5.65 Å². The highest BCUT2D eigenvalue weighted by Gasteiger charge is 2.46. The molecule has 0 amide bonds. The van der Waals surface area contributed by atoms with E-state index in [1.807, 2.05) is 0 Å². The molecule has 0 aliphatic rings. The zero-order valence-corrected chi connectivity index (χ0v) is 20.4. The van der Waals surface area contributed by atoms with Crippen molar-refractivity contribution in [2.45, 2.75) is 25.6 Å². The summed E-state index contributed by atoms with van der Waals surface area (Å²) in [4.78, 5) is 19.5. The van der Waals surface area contributed by atoms with Gasteiger partial charge in [0.1, 0.15) is 5.82 Å². The van der Waals surface area contributed by atoms with E-state index in [0.29, 0.717) is 11.3 Å². The molecule has 0 aliphatic heterocycles. The van der Waals surface area contributed by atoms with E-state index in [2.05, 4.69) is 20.2 Å². The van der Waals surface area contributed by atoms with Crippen molar-refractivity contribution >= 4 is 25.1 Å². The molecule has 10 nitrogen and oxygen atoms in total. The Balaban J connectivity index is 1.91. The molecule has 2 aromatic carbocycles. The third-order valence-electron chi connectivity index (χ3n) is 5.69. The average Bonchev–Trinajstić information content (AvgIpc) is 3.49. The van der Waals surface area contributed by atoms with Gasteiger partial charge in [-0.1, -0.05) is 34.9 Å². The summed E-state index contributed by atoms with van der Waals surface area (Å²) in [5.41, 5.74) is -4.10. The second kappa shape index (κ2) is 8.87. The molecule has 5 rings (SSSR count). The highest BCUT2D eigenvalue weighted by atomic mass is 31.1. The number of alkyl halides is 3. The summed E-state index contributed by atoms with van der Waals surface area (Å²) in [6.07, 6.45) is -3.34. The molecule has 0 radical (unpaired) electrons. The number of aromatic amines is 1. The predicted octanol–water partition coefficient (Wildman–Crippen LogP) is 3.91. The third-order valence-corrected chi connectivity index (χ3v) is 6.33. The van der Waals surface area contributed by atoms with Crippen molar-refractivity contribution in [3.63, 3.8) is 0 Å². The van der Waals surface area contributed by atoms with Gasteiger partial charge in [-0.15, -0.1) is 10.2 Å². The minimum absolute atomic E-state index is 0.0133. The lowest BCUT2D eigenvalue weighted by molar-refractivity contribution is -0.143. The standard InChI is InChI=1S/C23H18F3N6O4P/c1-3-36-23(34,37-35)21-30-29-19-20(33)28-15-9-14(22(24,25)26)16(10-17(15)32(19)21)31-11-12(2)27-18(31)13-7-5-4-6-8-13/h4-11,34H,3H2,1-2H3,(H,28,33)/p+1. The number of ether oxygens (including phenoxy) is 1. The van der Waals surface area contributed by atoms with Crippen LogP contribution in [0.5, 0.6) is 0 Å². The summed E-state index contributed by atoms with van der Waals surface area (Å²) < 4.78 is 62.4. The molecule has 0 saturated heterocycles. The Labute approximate surface area is 207 Å². The maximum atomic E-state index is 14.3. The van der Waals surface area contributed by atoms with Gasteiger partial charge in [0.05, 0.1) is 34.6 Å². The van der Waals surface area contributed by atoms with Crippen LogP contribution in [0.3, 0.4) is 0 Å². The van der Waals surface area contributed by atoms with Gasteiger partial charge in [-0.3, -0.25) is 13.8 Å². The second-order valence-corrected chi connectivity index (χ2v) is 9.02. The second-order valence-electron chi connectivity index (χ2n) is 8.14. The van der Waals surface area contributed by atoms with Crippen molar-refractivity contribution in [2.75, 3.05) is 6.61 Å². The van der Waals surface area contributed by atoms with Crippen molar-refractivity contribution in [1.29, 1.82) is 0 Å². The lowest BCUT2D eigenvalue weighted by atomic mass is 10.1. The number of hydrogen-bond acceptors (Lipinski definition) is 7. The van der Waals surface area contributed by atoms with Crippen molar-refractivity contribution in [1.82, 2.24) is 29.1 Å². The van der Waals surface area contributed by atoms with Crippen LogP contribution in [-0.2, 0) is 21.0 Å². The Morgan fingerprint density at radius 3 is 2.54 bits per heavy atom. The smallest absolute Gasteiger partial charge is 0.320 e. The summed E-state index contributed by atoms with van der Waals surface area (Å²) >= 11 is 0. The van der Waals surface area contributed by atoms with E-state index in [1.54, 1.807) is 44.2 Å². The van der Waals surface area contributed by atoms with Gasteiger partial charge in [0, 0.05) is 11.8 Å². The van der Waals surface area contributed by atoms with Gasteiger partial charge in [0.15, 0.2) is 0 Å². The number of hydrogen-bond donors (Lipinski definition) is 2. The fraction of sp³-hybridized carbons (Fsp3) is 0.217. The number of nitrogens with zero attached hydrogens (tertiary/aromatic N) is 5. The molecular formula is C23H19F3N6O4P+. The molecule has 0 fully saturated rings. The Morgan fingerprint density at radius 2 is 1.89 bits per heavy atom. The van der Waals surface area contributed by atoms with Crippen LogP contribution in [0.1, 0.15) is 24.0 Å². The van der Waals surface area contributed by atoms with Crippen LogP contribution in [0.4, 0.5) is 13.2 Å². The van der Waals surface area contributed by atoms with Gasteiger partial charge in [0.25, 0.3) is 11.4 Å². The van der Waals surface area contributed by atoms with E-state index in [-0.39, 0.29) is 34.8 Å². The topological polar surface area (TPSA) is 127 Å². The molecule has 14 heteroatoms. The van der Waals surface area contributed by atoms with Crippen molar-refractivity contribution in [2.24, 2.45) is 0 Å². The van der Waals surface area contributed by atoms with Crippen LogP contribution in [0.15, 0.2) is 53.5 Å². The van der Waals surface area contributed by atoms with Gasteiger partial charge < -0.3 is 14.8 Å². The number of fused-ring (bicyclic) bond motifs is 3. The first-order valence-electron chi connectivity index (χ1n) is 11.0. The summed E-state index contributed by atoms with van der Waals surface area (Å²) in [7, 11) is -1.47. The normalized spacial score (nSPS) is 14.0. The summed E-state index contributed by atoms with van der Waals surface area (Å²) in [6.45, 7) is 3.13. The summed E-state index contributed by atoms with van der Waals surface area (Å²) in [5.74, 6) is -0.149. The highest BCUT2D eigenvalue weighted by molar-refractivity contribution is 7.24. The van der Waals surface area contributed by atoms with Gasteiger partial charge >= 0.3 is 20.2 Å². The van der Waals surface area contributed by atoms with Crippen molar-refractivity contribution in [3.8, 4) is 17.1 Å². The Kier molecular flexibility index (Phi) is 5.94. The quantitative estimate of drug-likeness (QED) is 0.251. The van der Waals surface area contributed by atoms with Crippen LogP contribution < -0.4 is 5.56 Å². The molecule has 2 atom stereocenters. The molecule has 5 aromatic rings. The van der Waals surface area contributed by atoms with E-state index in [1.165, 1.54) is 16.8 Å². The number of rotatable bonds is 6. The molecule has 190 valence electrons. The van der Waals surface area contributed by atoms with Crippen LogP contribution in [0.2, 0.25) is 0 Å². The van der Waals surface area contributed by atoms with E-state index in [0.717, 1.165) is 10.5 Å². The lowest BCUT2D eigenvalue weighted by Gasteiger charge is -2.18. The zero-order chi connectivity index (χ0) is 26.5. The Morgan fingerprint density at radius 1 is 1.16 bits per heavy atom. The molecule has 0 spiro atoms. The number of nitrogens with one attached hydrogen (secondary N) is 1. The lowest BCUT2D eigenvalue weighted by Crippen LogP contribution is -2.26. The predicted molar refractivity (Wildman–Crippen MR) is 128 cm³/mol. The van der Waals surface area contributed by atoms with Crippen LogP contribution in [0, 0.1) is 6.92 Å². The molecule has 3 heterocycles. The average molecular weight is 531 g/mol. The van der Waals surface area contributed by atoms with Gasteiger partial charge in [-0.25, -0.2) is 4.98 Å². The maximum Gasteiger partial charge on any atom is 0.433 e. The fourth-order valence-electron chi connectivity index (χ4n) is 4.17. The first kappa shape index (κ1) is 24.8. The third kappa shape index (κ3) is 4.10. The number of aromatic nitrogens is 6. The molecule has 0 saturated carbocycles. The first-order chi connectivity index (χ1) is 17.6. The van der Waals surface area contributed by atoms with E-state index in [9.17, 15) is 27.6 Å². The summed E-state index contributed by atoms with van der Waals surface area (Å²) in [6, 6.07) is 10.7. The van der Waals surface area contributed by atoms with Crippen molar-refractivity contribution < 1.29 is 27.6 Å². The number of halogens is 3. The SMILES string of the molecule is CCOC(O)([PH+]=O)c1nnc2c(=O)[nH]c3cc(C(F)(F)F)c(-n4cc(C)nc4-c4ccccc4)cc3n12. The monoisotopic (exact) mass is 531 g/mol. The molecule has 0 aliphatic carbocycles. The first-order valence-corrected chi connectivity index (χ1v) is 11.9. The van der Waals surface area contributed by atoms with E-state index >= 15 is 0 Å². The molecular weight excluding hydrogens is 512 g/mol. The van der Waals surface area contributed by atoms with E-state index in [4.69, 9.17) is 4.74 Å². The number of benzene rings is 2. The Bertz CT molecular complexity index is 1710. The number of imidazole rings is 1. The van der Waals surface area contributed by atoms with Crippen LogP contribution >= 0.6 is 8.46 Å².